The Morgan fingerprint density at radius 2 is 1.87 bits per heavy atom. The lowest BCUT2D eigenvalue weighted by molar-refractivity contribution is -0.118. The Morgan fingerprint density at radius 1 is 1.26 bits per heavy atom. The van der Waals surface area contributed by atoms with Gasteiger partial charge in [0, 0.05) is 9.92 Å². The number of hydrogen-bond donors (Lipinski definition) is 2. The predicted octanol–water partition coefficient (Wildman–Crippen LogP) is 4.50. The van der Waals surface area contributed by atoms with Crippen molar-refractivity contribution in [3.63, 3.8) is 0 Å². The van der Waals surface area contributed by atoms with E-state index in [4.69, 9.17) is 11.6 Å². The lowest BCUT2D eigenvalue weighted by Gasteiger charge is -2.03. The quantitative estimate of drug-likeness (QED) is 0.240. The van der Waals surface area contributed by atoms with Gasteiger partial charge in [-0.25, -0.2) is 5.43 Å². The van der Waals surface area contributed by atoms with Crippen LogP contribution in [0.5, 0.6) is 5.75 Å². The van der Waals surface area contributed by atoms with E-state index >= 15 is 0 Å². The van der Waals surface area contributed by atoms with Gasteiger partial charge in [0.05, 0.1) is 19.1 Å². The van der Waals surface area contributed by atoms with Crippen LogP contribution in [0.15, 0.2) is 46.4 Å². The van der Waals surface area contributed by atoms with Gasteiger partial charge in [0.2, 0.25) is 5.91 Å². The van der Waals surface area contributed by atoms with Crippen molar-refractivity contribution in [2.24, 2.45) is 5.10 Å². The molecule has 8 heteroatoms. The number of amides is 1. The van der Waals surface area contributed by atoms with Gasteiger partial charge in [-0.3, -0.25) is 4.79 Å². The van der Waals surface area contributed by atoms with E-state index < -0.39 is 0 Å². The molecule has 0 aromatic heterocycles. The van der Waals surface area contributed by atoms with Gasteiger partial charge in [0.25, 0.3) is 0 Å². The third-order valence-electron chi connectivity index (χ3n) is 2.63. The van der Waals surface area contributed by atoms with Gasteiger partial charge in [-0.2, -0.15) is 5.10 Å². The minimum atomic E-state index is -0.190. The normalized spacial score (nSPS) is 10.9. The zero-order chi connectivity index (χ0) is 16.8. The van der Waals surface area contributed by atoms with Crippen molar-refractivity contribution in [2.75, 3.05) is 5.75 Å². The molecule has 0 fully saturated rings. The number of benzene rings is 2. The Labute approximate surface area is 170 Å². The van der Waals surface area contributed by atoms with Crippen molar-refractivity contribution in [2.45, 2.75) is 4.90 Å². The van der Waals surface area contributed by atoms with E-state index in [9.17, 15) is 9.90 Å². The second-order valence-corrected chi connectivity index (χ2v) is 8.18. The highest BCUT2D eigenvalue weighted by Crippen LogP contribution is 2.26. The van der Waals surface area contributed by atoms with Crippen molar-refractivity contribution in [3.8, 4) is 5.75 Å². The molecule has 0 aliphatic rings. The van der Waals surface area contributed by atoms with E-state index in [-0.39, 0.29) is 17.4 Å². The zero-order valence-electron chi connectivity index (χ0n) is 11.6. The van der Waals surface area contributed by atoms with Crippen LogP contribution < -0.4 is 5.43 Å². The fraction of sp³-hybridized carbons (Fsp3) is 0.0667. The first-order valence-corrected chi connectivity index (χ1v) is 9.86. The zero-order valence-corrected chi connectivity index (χ0v) is 17.5. The number of hydrazone groups is 1. The molecule has 2 rings (SSSR count). The molecule has 0 heterocycles. The first-order chi connectivity index (χ1) is 11.0. The van der Waals surface area contributed by atoms with Gasteiger partial charge in [0.15, 0.2) is 0 Å². The van der Waals surface area contributed by atoms with Gasteiger partial charge in [-0.05, 0) is 87.1 Å². The predicted molar refractivity (Wildman–Crippen MR) is 111 cm³/mol. The Bertz CT molecular complexity index is 716. The fourth-order valence-corrected chi connectivity index (χ4v) is 4.18. The van der Waals surface area contributed by atoms with Crippen molar-refractivity contribution >= 4 is 80.7 Å². The van der Waals surface area contributed by atoms with Crippen LogP contribution in [0.3, 0.4) is 0 Å². The summed E-state index contributed by atoms with van der Waals surface area (Å²) < 4.78 is 1.47. The number of halogens is 3. The maximum Gasteiger partial charge on any atom is 0.250 e. The smallest absolute Gasteiger partial charge is 0.250 e. The number of phenolic OH excluding ortho intramolecular Hbond substituents is 1. The van der Waals surface area contributed by atoms with Crippen LogP contribution in [0.1, 0.15) is 5.56 Å². The highest BCUT2D eigenvalue weighted by atomic mass is 127. The molecule has 0 saturated carbocycles. The third kappa shape index (κ3) is 6.12. The lowest BCUT2D eigenvalue weighted by Crippen LogP contribution is -2.19. The number of hydrogen-bond acceptors (Lipinski definition) is 4. The lowest BCUT2D eigenvalue weighted by atomic mass is 10.2. The summed E-state index contributed by atoms with van der Waals surface area (Å²) in [4.78, 5) is 12.7. The average molecular weight is 573 g/mol. The van der Waals surface area contributed by atoms with Crippen molar-refractivity contribution < 1.29 is 9.90 Å². The maximum atomic E-state index is 11.7. The highest BCUT2D eigenvalue weighted by molar-refractivity contribution is 14.1. The molecule has 1 amide bonds. The third-order valence-corrected chi connectivity index (χ3v) is 5.53. The van der Waals surface area contributed by atoms with Crippen molar-refractivity contribution in [1.29, 1.82) is 0 Å². The molecule has 0 spiro atoms. The average Bonchev–Trinajstić information content (AvgIpc) is 2.52. The Balaban J connectivity index is 1.85. The standard InChI is InChI=1S/C15H11ClI2N2O2S/c16-10-1-3-11(4-2-10)23-8-14(21)20-19-7-9-5-12(17)15(22)13(18)6-9/h1-7,22H,8H2,(H,20,21)/b19-7-. The van der Waals surface area contributed by atoms with Gasteiger partial charge >= 0.3 is 0 Å². The monoisotopic (exact) mass is 572 g/mol. The molecule has 2 N–H and O–H groups in total. The van der Waals surface area contributed by atoms with Gasteiger partial charge < -0.3 is 5.11 Å². The second kappa shape index (κ2) is 9.09. The number of aromatic hydroxyl groups is 1. The van der Waals surface area contributed by atoms with Crippen LogP contribution in [0.4, 0.5) is 0 Å². The van der Waals surface area contributed by atoms with Crippen LogP contribution in [0.2, 0.25) is 5.02 Å². The van der Waals surface area contributed by atoms with Crippen LogP contribution >= 0.6 is 68.5 Å². The molecule has 0 atom stereocenters. The Morgan fingerprint density at radius 3 is 2.48 bits per heavy atom. The summed E-state index contributed by atoms with van der Waals surface area (Å²) >= 11 is 11.3. The number of carbonyl (C=O) groups is 1. The molecule has 0 unspecified atom stereocenters. The molecule has 2 aromatic rings. The molecule has 4 nitrogen and oxygen atoms in total. The summed E-state index contributed by atoms with van der Waals surface area (Å²) in [5.74, 6) is 0.333. The number of nitrogens with zero attached hydrogens (tertiary/aromatic N) is 1. The summed E-state index contributed by atoms with van der Waals surface area (Å²) in [6, 6.07) is 10.9. The van der Waals surface area contributed by atoms with Crippen LogP contribution in [0, 0.1) is 7.14 Å². The summed E-state index contributed by atoms with van der Waals surface area (Å²) in [5.41, 5.74) is 3.29. The van der Waals surface area contributed by atoms with E-state index in [2.05, 4.69) is 10.5 Å². The minimum absolute atomic E-state index is 0.190. The van der Waals surface area contributed by atoms with Crippen LogP contribution in [-0.2, 0) is 4.79 Å². The summed E-state index contributed by atoms with van der Waals surface area (Å²) in [6.07, 6.45) is 1.55. The molecular weight excluding hydrogens is 562 g/mol. The number of phenols is 1. The van der Waals surface area contributed by atoms with Gasteiger partial charge in [-0.1, -0.05) is 11.6 Å². The molecule has 0 aliphatic carbocycles. The largest absolute Gasteiger partial charge is 0.506 e. The van der Waals surface area contributed by atoms with Gasteiger partial charge in [0.1, 0.15) is 5.75 Å². The van der Waals surface area contributed by atoms with Crippen molar-refractivity contribution in [1.82, 2.24) is 5.43 Å². The molecule has 0 bridgehead atoms. The summed E-state index contributed by atoms with van der Waals surface area (Å²) in [6.45, 7) is 0. The summed E-state index contributed by atoms with van der Waals surface area (Å²) in [7, 11) is 0. The Hall–Kier alpha value is -0.520. The van der Waals surface area contributed by atoms with E-state index in [1.807, 2.05) is 57.3 Å². The number of thioether (sulfide) groups is 1. The fourth-order valence-electron chi connectivity index (χ4n) is 1.55. The molecule has 0 saturated heterocycles. The summed E-state index contributed by atoms with van der Waals surface area (Å²) in [5, 5.41) is 14.3. The first kappa shape index (κ1) is 18.8. The molecule has 0 aliphatic heterocycles. The molecule has 0 radical (unpaired) electrons. The number of rotatable bonds is 5. The SMILES string of the molecule is O=C(CSc1ccc(Cl)cc1)N/N=C\c1cc(I)c(O)c(I)c1. The molecular formula is C15H11ClI2N2O2S. The number of carbonyl (C=O) groups excluding carboxylic acids is 1. The van der Waals surface area contributed by atoms with Crippen LogP contribution in [0.25, 0.3) is 0 Å². The Kier molecular flexibility index (Phi) is 7.44. The van der Waals surface area contributed by atoms with Crippen LogP contribution in [-0.4, -0.2) is 23.0 Å². The minimum Gasteiger partial charge on any atom is -0.506 e. The van der Waals surface area contributed by atoms with E-state index in [1.54, 1.807) is 30.5 Å². The first-order valence-electron chi connectivity index (χ1n) is 6.34. The molecule has 2 aromatic carbocycles. The van der Waals surface area contributed by atoms with Crippen molar-refractivity contribution in [3.05, 3.63) is 54.1 Å². The molecule has 23 heavy (non-hydrogen) atoms. The highest BCUT2D eigenvalue weighted by Gasteiger charge is 2.05. The van der Waals surface area contributed by atoms with E-state index in [0.717, 1.165) is 17.6 Å². The second-order valence-electron chi connectivity index (χ2n) is 4.37. The van der Waals surface area contributed by atoms with Gasteiger partial charge in [-0.15, -0.1) is 11.8 Å². The maximum absolute atomic E-state index is 11.7. The number of nitrogens with one attached hydrogen (secondary N) is 1. The molecule has 120 valence electrons. The van der Waals surface area contributed by atoms with E-state index in [0.29, 0.717) is 5.02 Å². The topological polar surface area (TPSA) is 61.7 Å². The van der Waals surface area contributed by atoms with E-state index in [1.165, 1.54) is 11.8 Å².